The molecule has 0 aromatic carbocycles. The number of amides is 1. The van der Waals surface area contributed by atoms with Crippen molar-refractivity contribution in [2.45, 2.75) is 69.1 Å². The van der Waals surface area contributed by atoms with Gasteiger partial charge in [-0.25, -0.2) is 8.98 Å². The summed E-state index contributed by atoms with van der Waals surface area (Å²) < 4.78 is 56.1. The largest absolute Gasteiger partial charge is 0.479 e. The standard InChI is InChI=1S/C16H27NO14S/c1-5-9(19)11(21)16(30-12(5)14(22)23)31-13-8(17-6(2)18)15(27-3)29-7(10(13)20)4-28-32(24,25)26/h5,7-13,15-16,19-21H,4H2,1-3H3,(H,17,18)(H,22,23)(H,24,25,26)/t5-,7-,8-,9+,10+,11-,12-,13-,15-,16+/m1/s1. The first kappa shape index (κ1) is 26.8. The van der Waals surface area contributed by atoms with E-state index in [0.717, 1.165) is 6.92 Å². The van der Waals surface area contributed by atoms with E-state index in [0.29, 0.717) is 0 Å². The number of rotatable bonds is 8. The van der Waals surface area contributed by atoms with Crippen LogP contribution in [-0.2, 0) is 43.1 Å². The maximum Gasteiger partial charge on any atom is 0.397 e. The van der Waals surface area contributed by atoms with Gasteiger partial charge in [0.15, 0.2) is 18.7 Å². The minimum Gasteiger partial charge on any atom is -0.479 e. The number of aliphatic hydroxyl groups is 3. The summed E-state index contributed by atoms with van der Waals surface area (Å²) in [5.41, 5.74) is 0. The predicted octanol–water partition coefficient (Wildman–Crippen LogP) is -3.40. The Morgan fingerprint density at radius 1 is 1.06 bits per heavy atom. The number of aliphatic hydroxyl groups excluding tert-OH is 3. The minimum atomic E-state index is -4.89. The molecule has 15 nitrogen and oxygen atoms in total. The predicted molar refractivity (Wildman–Crippen MR) is 99.1 cm³/mol. The number of aliphatic carboxylic acids is 1. The number of carboxylic acids is 1. The van der Waals surface area contributed by atoms with Gasteiger partial charge in [-0.2, -0.15) is 8.42 Å². The van der Waals surface area contributed by atoms with Crippen LogP contribution in [0.25, 0.3) is 0 Å². The van der Waals surface area contributed by atoms with Gasteiger partial charge in [0.25, 0.3) is 0 Å². The molecular weight excluding hydrogens is 462 g/mol. The van der Waals surface area contributed by atoms with Crippen LogP contribution >= 0.6 is 0 Å². The zero-order valence-corrected chi connectivity index (χ0v) is 18.1. The lowest BCUT2D eigenvalue weighted by Crippen LogP contribution is -2.67. The lowest BCUT2D eigenvalue weighted by Gasteiger charge is -2.47. The molecule has 32 heavy (non-hydrogen) atoms. The van der Waals surface area contributed by atoms with Crippen molar-refractivity contribution in [2.24, 2.45) is 5.92 Å². The number of carboxylic acid groups (broad SMARTS) is 1. The Kier molecular flexibility index (Phi) is 8.90. The van der Waals surface area contributed by atoms with Gasteiger partial charge in [0.1, 0.15) is 30.5 Å². The number of hydrogen-bond donors (Lipinski definition) is 6. The summed E-state index contributed by atoms with van der Waals surface area (Å²) in [5.74, 6) is -3.04. The molecule has 2 saturated heterocycles. The molecule has 10 atom stereocenters. The van der Waals surface area contributed by atoms with Gasteiger partial charge in [0, 0.05) is 20.0 Å². The second-order valence-electron chi connectivity index (χ2n) is 7.41. The first-order valence-electron chi connectivity index (χ1n) is 9.42. The van der Waals surface area contributed by atoms with Crippen molar-refractivity contribution in [1.29, 1.82) is 0 Å². The third-order valence-electron chi connectivity index (χ3n) is 5.12. The van der Waals surface area contributed by atoms with Crippen LogP contribution in [-0.4, -0.2) is 114 Å². The third-order valence-corrected chi connectivity index (χ3v) is 5.55. The highest BCUT2D eigenvalue weighted by atomic mass is 32.3. The van der Waals surface area contributed by atoms with Crippen molar-refractivity contribution in [1.82, 2.24) is 5.32 Å². The fourth-order valence-electron chi connectivity index (χ4n) is 3.51. The fourth-order valence-corrected chi connectivity index (χ4v) is 3.82. The van der Waals surface area contributed by atoms with Crippen LogP contribution in [0.2, 0.25) is 0 Å². The molecule has 2 rings (SSSR count). The molecule has 0 aromatic rings. The summed E-state index contributed by atoms with van der Waals surface area (Å²) in [6.45, 7) is 1.61. The summed E-state index contributed by atoms with van der Waals surface area (Å²) in [6.07, 6.45) is -12.7. The van der Waals surface area contributed by atoms with E-state index in [9.17, 15) is 38.4 Å². The van der Waals surface area contributed by atoms with E-state index in [2.05, 4.69) is 9.50 Å². The van der Waals surface area contributed by atoms with Crippen molar-refractivity contribution in [3.8, 4) is 0 Å². The smallest absolute Gasteiger partial charge is 0.397 e. The summed E-state index contributed by atoms with van der Waals surface area (Å²) >= 11 is 0. The van der Waals surface area contributed by atoms with E-state index in [1.54, 1.807) is 0 Å². The van der Waals surface area contributed by atoms with Gasteiger partial charge in [-0.3, -0.25) is 9.35 Å². The Labute approximate surface area is 183 Å². The van der Waals surface area contributed by atoms with Crippen LogP contribution < -0.4 is 5.32 Å². The van der Waals surface area contributed by atoms with Gasteiger partial charge >= 0.3 is 16.4 Å². The normalized spacial score (nSPS) is 40.6. The third kappa shape index (κ3) is 6.31. The van der Waals surface area contributed by atoms with Crippen molar-refractivity contribution >= 4 is 22.3 Å². The van der Waals surface area contributed by atoms with Gasteiger partial charge in [0.05, 0.1) is 12.7 Å². The molecule has 2 fully saturated rings. The fraction of sp³-hybridized carbons (Fsp3) is 0.875. The Morgan fingerprint density at radius 3 is 2.19 bits per heavy atom. The number of methoxy groups -OCH3 is 1. The quantitative estimate of drug-likeness (QED) is 0.183. The number of carbonyl (C=O) groups is 2. The molecule has 0 saturated carbocycles. The van der Waals surface area contributed by atoms with E-state index >= 15 is 0 Å². The molecular formula is C16H27NO14S. The molecule has 1 amide bonds. The molecule has 186 valence electrons. The zero-order chi connectivity index (χ0) is 24.4. The molecule has 0 spiro atoms. The molecule has 6 N–H and O–H groups in total. The number of hydrogen-bond acceptors (Lipinski definition) is 12. The van der Waals surface area contributed by atoms with Crippen molar-refractivity contribution in [2.75, 3.05) is 13.7 Å². The van der Waals surface area contributed by atoms with E-state index in [-0.39, 0.29) is 0 Å². The van der Waals surface area contributed by atoms with Crippen LogP contribution in [0, 0.1) is 5.92 Å². The minimum absolute atomic E-state index is 0.601. The van der Waals surface area contributed by atoms with E-state index < -0.39 is 90.0 Å². The Bertz CT molecular complexity index is 777. The Balaban J connectivity index is 2.32. The SMILES string of the molecule is CO[C@@H]1O[C@H](COS(=O)(=O)O)[C@H](O)[C@H](O[C@@H]2O[C@@H](C(=O)O)[C@H](C)[C@H](O)[C@H]2O)[C@H]1NC(C)=O. The van der Waals surface area contributed by atoms with Gasteiger partial charge in [-0.15, -0.1) is 0 Å². The molecule has 0 radical (unpaired) electrons. The highest BCUT2D eigenvalue weighted by molar-refractivity contribution is 7.80. The molecule has 0 bridgehead atoms. The van der Waals surface area contributed by atoms with Crippen LogP contribution in [0.1, 0.15) is 13.8 Å². The summed E-state index contributed by atoms with van der Waals surface area (Å²) in [7, 11) is -3.72. The lowest BCUT2D eigenvalue weighted by atomic mass is 9.90. The molecule has 2 aliphatic heterocycles. The summed E-state index contributed by atoms with van der Waals surface area (Å²) in [6, 6.07) is -1.25. The Hall–Kier alpha value is -1.47. The number of ether oxygens (including phenoxy) is 4. The second-order valence-corrected chi connectivity index (χ2v) is 8.50. The lowest BCUT2D eigenvalue weighted by molar-refractivity contribution is -0.332. The van der Waals surface area contributed by atoms with Crippen LogP contribution in [0.15, 0.2) is 0 Å². The Morgan fingerprint density at radius 2 is 1.69 bits per heavy atom. The number of carbonyl (C=O) groups excluding carboxylic acids is 1. The number of nitrogens with one attached hydrogen (secondary N) is 1. The van der Waals surface area contributed by atoms with Crippen molar-refractivity contribution in [3.05, 3.63) is 0 Å². The maximum absolute atomic E-state index is 11.7. The molecule has 2 heterocycles. The molecule has 0 aliphatic carbocycles. The summed E-state index contributed by atoms with van der Waals surface area (Å²) in [5, 5.41) is 43.0. The van der Waals surface area contributed by atoms with Crippen molar-refractivity contribution < 1.29 is 66.1 Å². The van der Waals surface area contributed by atoms with Gasteiger partial charge < -0.3 is 44.7 Å². The van der Waals surface area contributed by atoms with Crippen LogP contribution in [0.3, 0.4) is 0 Å². The van der Waals surface area contributed by atoms with E-state index in [1.807, 2.05) is 0 Å². The average molecular weight is 489 g/mol. The van der Waals surface area contributed by atoms with Crippen LogP contribution in [0.5, 0.6) is 0 Å². The van der Waals surface area contributed by atoms with Crippen LogP contribution in [0.4, 0.5) is 0 Å². The zero-order valence-electron chi connectivity index (χ0n) is 17.3. The highest BCUT2D eigenvalue weighted by Gasteiger charge is 2.52. The maximum atomic E-state index is 11.7. The second kappa shape index (κ2) is 10.6. The summed E-state index contributed by atoms with van der Waals surface area (Å²) in [4.78, 5) is 23.1. The first-order chi connectivity index (χ1) is 14.8. The highest BCUT2D eigenvalue weighted by Crippen LogP contribution is 2.31. The monoisotopic (exact) mass is 489 g/mol. The molecule has 0 aromatic heterocycles. The molecule has 16 heteroatoms. The van der Waals surface area contributed by atoms with Crippen molar-refractivity contribution in [3.63, 3.8) is 0 Å². The van der Waals surface area contributed by atoms with Gasteiger partial charge in [0.2, 0.25) is 5.91 Å². The van der Waals surface area contributed by atoms with E-state index in [1.165, 1.54) is 14.0 Å². The topological polar surface area (TPSA) is 228 Å². The average Bonchev–Trinajstić information content (AvgIpc) is 2.68. The van der Waals surface area contributed by atoms with E-state index in [4.69, 9.17) is 23.5 Å². The van der Waals surface area contributed by atoms with Gasteiger partial charge in [-0.1, -0.05) is 6.92 Å². The molecule has 0 unspecified atom stereocenters. The molecule has 2 aliphatic rings. The van der Waals surface area contributed by atoms with Gasteiger partial charge in [-0.05, 0) is 0 Å². The first-order valence-corrected chi connectivity index (χ1v) is 10.8.